The molecule has 0 amide bonds. The van der Waals surface area contributed by atoms with Crippen LogP contribution >= 0.6 is 22.6 Å². The minimum atomic E-state index is 0.924. The van der Waals surface area contributed by atoms with Gasteiger partial charge in [-0.15, -0.1) is 0 Å². The lowest BCUT2D eigenvalue weighted by atomic mass is 9.89. The molecule has 0 aromatic heterocycles. The summed E-state index contributed by atoms with van der Waals surface area (Å²) in [4.78, 5) is 0. The van der Waals surface area contributed by atoms with Crippen molar-refractivity contribution in [3.05, 3.63) is 32.9 Å². The smallest absolute Gasteiger partial charge is 0.0205 e. The summed E-state index contributed by atoms with van der Waals surface area (Å²) in [5.74, 6) is 0.924. The quantitative estimate of drug-likeness (QED) is 0.805. The highest BCUT2D eigenvalue weighted by atomic mass is 127. The SMILES string of the molecule is Cc1ccc(CNCC2CCCCC2)cc1I. The molecule has 17 heavy (non-hydrogen) atoms. The summed E-state index contributed by atoms with van der Waals surface area (Å²) in [5, 5.41) is 3.61. The van der Waals surface area contributed by atoms with Crippen molar-refractivity contribution in [1.29, 1.82) is 0 Å². The van der Waals surface area contributed by atoms with Crippen LogP contribution in [0.3, 0.4) is 0 Å². The Hall–Kier alpha value is -0.0900. The second kappa shape index (κ2) is 6.74. The van der Waals surface area contributed by atoms with Gasteiger partial charge in [-0.25, -0.2) is 0 Å². The number of rotatable bonds is 4. The van der Waals surface area contributed by atoms with E-state index in [1.807, 2.05) is 0 Å². The Kier molecular flexibility index (Phi) is 5.29. The molecule has 0 spiro atoms. The Morgan fingerprint density at radius 2 is 2.00 bits per heavy atom. The molecule has 0 saturated heterocycles. The zero-order valence-electron chi connectivity index (χ0n) is 10.6. The van der Waals surface area contributed by atoms with Gasteiger partial charge in [-0.3, -0.25) is 0 Å². The molecule has 2 rings (SSSR count). The van der Waals surface area contributed by atoms with Gasteiger partial charge >= 0.3 is 0 Å². The second-order valence-electron chi connectivity index (χ2n) is 5.22. The Balaban J connectivity index is 1.75. The highest BCUT2D eigenvalue weighted by Gasteiger charge is 2.12. The Labute approximate surface area is 119 Å². The second-order valence-corrected chi connectivity index (χ2v) is 6.38. The number of hydrogen-bond donors (Lipinski definition) is 1. The van der Waals surface area contributed by atoms with E-state index in [0.29, 0.717) is 0 Å². The third kappa shape index (κ3) is 4.25. The molecule has 1 fully saturated rings. The highest BCUT2D eigenvalue weighted by Crippen LogP contribution is 2.22. The van der Waals surface area contributed by atoms with Crippen LogP contribution in [0.5, 0.6) is 0 Å². The van der Waals surface area contributed by atoms with Crippen LogP contribution in [0.4, 0.5) is 0 Å². The topological polar surface area (TPSA) is 12.0 Å². The van der Waals surface area contributed by atoms with Crippen molar-refractivity contribution in [3.8, 4) is 0 Å². The van der Waals surface area contributed by atoms with E-state index in [1.165, 1.54) is 53.3 Å². The Morgan fingerprint density at radius 1 is 1.24 bits per heavy atom. The van der Waals surface area contributed by atoms with Gasteiger partial charge in [0.05, 0.1) is 0 Å². The molecule has 1 N–H and O–H groups in total. The first-order valence-corrected chi connectivity index (χ1v) is 7.79. The van der Waals surface area contributed by atoms with Crippen LogP contribution in [-0.4, -0.2) is 6.54 Å². The van der Waals surface area contributed by atoms with Crippen molar-refractivity contribution < 1.29 is 0 Å². The van der Waals surface area contributed by atoms with Crippen molar-refractivity contribution in [2.75, 3.05) is 6.54 Å². The number of nitrogens with one attached hydrogen (secondary N) is 1. The molecule has 0 atom stereocenters. The molecule has 2 heteroatoms. The van der Waals surface area contributed by atoms with Gasteiger partial charge in [0.2, 0.25) is 0 Å². The lowest BCUT2D eigenvalue weighted by Crippen LogP contribution is -2.24. The molecule has 0 aliphatic heterocycles. The van der Waals surface area contributed by atoms with E-state index in [0.717, 1.165) is 12.5 Å². The van der Waals surface area contributed by atoms with Crippen molar-refractivity contribution >= 4 is 22.6 Å². The molecule has 0 radical (unpaired) electrons. The van der Waals surface area contributed by atoms with Gasteiger partial charge < -0.3 is 5.32 Å². The largest absolute Gasteiger partial charge is 0.312 e. The summed E-state index contributed by atoms with van der Waals surface area (Å²) in [6.07, 6.45) is 7.19. The van der Waals surface area contributed by atoms with Crippen LogP contribution in [0.25, 0.3) is 0 Å². The number of aryl methyl sites for hydroxylation is 1. The minimum Gasteiger partial charge on any atom is -0.312 e. The first-order chi connectivity index (χ1) is 8.25. The fraction of sp³-hybridized carbons (Fsp3) is 0.600. The average Bonchev–Trinajstić information content (AvgIpc) is 2.35. The number of halogens is 1. The minimum absolute atomic E-state index is 0.924. The molecular formula is C15H22IN. The van der Waals surface area contributed by atoms with Crippen molar-refractivity contribution in [1.82, 2.24) is 5.32 Å². The predicted molar refractivity (Wildman–Crippen MR) is 82.2 cm³/mol. The molecule has 1 aliphatic rings. The molecule has 94 valence electrons. The van der Waals surface area contributed by atoms with Crippen LogP contribution in [0.2, 0.25) is 0 Å². The first-order valence-electron chi connectivity index (χ1n) is 6.71. The van der Waals surface area contributed by atoms with E-state index in [9.17, 15) is 0 Å². The van der Waals surface area contributed by atoms with Gasteiger partial charge in [0.25, 0.3) is 0 Å². The summed E-state index contributed by atoms with van der Waals surface area (Å²) in [6, 6.07) is 6.76. The summed E-state index contributed by atoms with van der Waals surface area (Å²) < 4.78 is 1.37. The Morgan fingerprint density at radius 3 is 2.71 bits per heavy atom. The van der Waals surface area contributed by atoms with Crippen molar-refractivity contribution in [2.45, 2.75) is 45.6 Å². The lowest BCUT2D eigenvalue weighted by Gasteiger charge is -2.21. The standard InChI is InChI=1S/C15H22IN/c1-12-7-8-14(9-15(12)16)11-17-10-13-5-3-2-4-6-13/h7-9,13,17H,2-6,10-11H2,1H3. The van der Waals surface area contributed by atoms with E-state index >= 15 is 0 Å². The molecule has 1 aromatic carbocycles. The van der Waals surface area contributed by atoms with Gasteiger partial charge in [-0.1, -0.05) is 31.4 Å². The van der Waals surface area contributed by atoms with E-state index < -0.39 is 0 Å². The van der Waals surface area contributed by atoms with Crippen LogP contribution < -0.4 is 5.32 Å². The zero-order valence-corrected chi connectivity index (χ0v) is 12.8. The van der Waals surface area contributed by atoms with Gasteiger partial charge in [0.15, 0.2) is 0 Å². The Bertz CT molecular complexity index is 356. The van der Waals surface area contributed by atoms with Crippen LogP contribution in [-0.2, 0) is 6.54 Å². The van der Waals surface area contributed by atoms with Crippen molar-refractivity contribution in [2.24, 2.45) is 5.92 Å². The van der Waals surface area contributed by atoms with Crippen molar-refractivity contribution in [3.63, 3.8) is 0 Å². The molecule has 1 aliphatic carbocycles. The van der Waals surface area contributed by atoms with E-state index in [-0.39, 0.29) is 0 Å². The fourth-order valence-corrected chi connectivity index (χ4v) is 3.14. The zero-order chi connectivity index (χ0) is 12.1. The van der Waals surface area contributed by atoms with Gasteiger partial charge in [0, 0.05) is 10.1 Å². The average molecular weight is 343 g/mol. The van der Waals surface area contributed by atoms with Gasteiger partial charge in [-0.05, 0) is 72.0 Å². The summed E-state index contributed by atoms with van der Waals surface area (Å²) in [5.41, 5.74) is 2.79. The number of hydrogen-bond acceptors (Lipinski definition) is 1. The summed E-state index contributed by atoms with van der Waals surface area (Å²) in [7, 11) is 0. The monoisotopic (exact) mass is 343 g/mol. The summed E-state index contributed by atoms with van der Waals surface area (Å²) in [6.45, 7) is 4.39. The molecule has 1 saturated carbocycles. The normalized spacial score (nSPS) is 17.3. The molecule has 0 heterocycles. The maximum absolute atomic E-state index is 3.61. The maximum atomic E-state index is 3.61. The highest BCUT2D eigenvalue weighted by molar-refractivity contribution is 14.1. The van der Waals surface area contributed by atoms with Crippen LogP contribution in [0.1, 0.15) is 43.2 Å². The predicted octanol–water partition coefficient (Wildman–Crippen LogP) is 4.27. The lowest BCUT2D eigenvalue weighted by molar-refractivity contribution is 0.342. The third-order valence-electron chi connectivity index (χ3n) is 3.72. The number of benzene rings is 1. The van der Waals surface area contributed by atoms with Crippen LogP contribution in [0, 0.1) is 16.4 Å². The van der Waals surface area contributed by atoms with E-state index in [2.05, 4.69) is 53.0 Å². The molecular weight excluding hydrogens is 321 g/mol. The third-order valence-corrected chi connectivity index (χ3v) is 4.89. The molecule has 0 bridgehead atoms. The van der Waals surface area contributed by atoms with Crippen LogP contribution in [0.15, 0.2) is 18.2 Å². The first kappa shape index (κ1) is 13.3. The fourth-order valence-electron chi connectivity index (χ4n) is 2.56. The van der Waals surface area contributed by atoms with Gasteiger partial charge in [-0.2, -0.15) is 0 Å². The van der Waals surface area contributed by atoms with E-state index in [4.69, 9.17) is 0 Å². The maximum Gasteiger partial charge on any atom is 0.0205 e. The van der Waals surface area contributed by atoms with Gasteiger partial charge in [0.1, 0.15) is 0 Å². The molecule has 0 unspecified atom stereocenters. The summed E-state index contributed by atoms with van der Waals surface area (Å²) >= 11 is 2.42. The van der Waals surface area contributed by atoms with E-state index in [1.54, 1.807) is 0 Å². The molecule has 1 nitrogen and oxygen atoms in total. The molecule has 1 aromatic rings.